The molecule has 0 fully saturated rings. The van der Waals surface area contributed by atoms with Gasteiger partial charge in [-0.2, -0.15) is 0 Å². The number of amides is 3. The molecule has 1 aromatic heterocycles. The van der Waals surface area contributed by atoms with Crippen LogP contribution in [0.1, 0.15) is 15.9 Å². The summed E-state index contributed by atoms with van der Waals surface area (Å²) in [5.41, 5.74) is 2.25. The monoisotopic (exact) mass is 287 g/mol. The molecule has 3 N–H and O–H groups in total. The van der Waals surface area contributed by atoms with E-state index in [0.717, 1.165) is 17.0 Å². The van der Waals surface area contributed by atoms with Gasteiger partial charge in [-0.05, 0) is 41.6 Å². The molecule has 5 nitrogen and oxygen atoms in total. The Kier molecular flexibility index (Phi) is 3.39. The van der Waals surface area contributed by atoms with Gasteiger partial charge in [-0.1, -0.05) is 6.07 Å². The van der Waals surface area contributed by atoms with Crippen molar-refractivity contribution >= 4 is 34.0 Å². The Morgan fingerprint density at radius 3 is 2.95 bits per heavy atom. The highest BCUT2D eigenvalue weighted by Gasteiger charge is 2.17. The number of hydrogen-bond acceptors (Lipinski definition) is 3. The van der Waals surface area contributed by atoms with Crippen LogP contribution in [0.2, 0.25) is 0 Å². The highest BCUT2D eigenvalue weighted by molar-refractivity contribution is 7.14. The molecule has 2 heterocycles. The van der Waals surface area contributed by atoms with Gasteiger partial charge in [0.05, 0.1) is 5.00 Å². The number of benzene rings is 1. The SMILES string of the molecule is O=C(Nc1ccc2c(c1)C(=O)NCC2)Nc1cccs1. The van der Waals surface area contributed by atoms with Gasteiger partial charge in [-0.25, -0.2) is 4.79 Å². The number of carbonyl (C=O) groups is 2. The zero-order valence-corrected chi connectivity index (χ0v) is 11.4. The van der Waals surface area contributed by atoms with E-state index in [1.165, 1.54) is 11.3 Å². The van der Waals surface area contributed by atoms with E-state index < -0.39 is 0 Å². The first-order valence-electron chi connectivity index (χ1n) is 6.25. The second-order valence-electron chi connectivity index (χ2n) is 4.43. The summed E-state index contributed by atoms with van der Waals surface area (Å²) in [4.78, 5) is 23.6. The van der Waals surface area contributed by atoms with E-state index >= 15 is 0 Å². The molecule has 6 heteroatoms. The Bertz CT molecular complexity index is 652. The summed E-state index contributed by atoms with van der Waals surface area (Å²) in [6.45, 7) is 0.664. The van der Waals surface area contributed by atoms with E-state index in [0.29, 0.717) is 17.8 Å². The van der Waals surface area contributed by atoms with Crippen LogP contribution in [0.4, 0.5) is 15.5 Å². The van der Waals surface area contributed by atoms with Crippen molar-refractivity contribution in [1.29, 1.82) is 0 Å². The third-order valence-corrected chi connectivity index (χ3v) is 3.84. The molecule has 20 heavy (non-hydrogen) atoms. The molecule has 1 aliphatic rings. The second kappa shape index (κ2) is 5.34. The fourth-order valence-corrected chi connectivity index (χ4v) is 2.73. The lowest BCUT2D eigenvalue weighted by Crippen LogP contribution is -2.32. The normalized spacial score (nSPS) is 13.3. The summed E-state index contributed by atoms with van der Waals surface area (Å²) >= 11 is 1.45. The summed E-state index contributed by atoms with van der Waals surface area (Å²) < 4.78 is 0. The Morgan fingerprint density at radius 2 is 2.15 bits per heavy atom. The highest BCUT2D eigenvalue weighted by atomic mass is 32.1. The van der Waals surface area contributed by atoms with Gasteiger partial charge in [0, 0.05) is 17.8 Å². The van der Waals surface area contributed by atoms with E-state index in [-0.39, 0.29) is 11.9 Å². The van der Waals surface area contributed by atoms with Crippen molar-refractivity contribution in [2.24, 2.45) is 0 Å². The maximum absolute atomic E-state index is 11.8. The molecule has 1 aromatic carbocycles. The Hall–Kier alpha value is -2.34. The second-order valence-corrected chi connectivity index (χ2v) is 5.38. The number of carbonyl (C=O) groups excluding carboxylic acids is 2. The van der Waals surface area contributed by atoms with Crippen molar-refractivity contribution in [1.82, 2.24) is 5.32 Å². The van der Waals surface area contributed by atoms with Crippen molar-refractivity contribution in [3.8, 4) is 0 Å². The number of nitrogens with one attached hydrogen (secondary N) is 3. The fourth-order valence-electron chi connectivity index (χ4n) is 2.11. The predicted octanol–water partition coefficient (Wildman–Crippen LogP) is 2.68. The summed E-state index contributed by atoms with van der Waals surface area (Å²) in [5.74, 6) is -0.0893. The van der Waals surface area contributed by atoms with Crippen LogP contribution in [0.3, 0.4) is 0 Å². The molecule has 1 aliphatic heterocycles. The van der Waals surface area contributed by atoms with E-state index in [1.807, 2.05) is 29.6 Å². The van der Waals surface area contributed by atoms with Crippen LogP contribution in [-0.2, 0) is 6.42 Å². The molecule has 0 saturated carbocycles. The van der Waals surface area contributed by atoms with Crippen LogP contribution < -0.4 is 16.0 Å². The smallest absolute Gasteiger partial charge is 0.324 e. The lowest BCUT2D eigenvalue weighted by molar-refractivity contribution is 0.0946. The van der Waals surface area contributed by atoms with E-state index in [9.17, 15) is 9.59 Å². The molecule has 0 spiro atoms. The third-order valence-electron chi connectivity index (χ3n) is 3.05. The van der Waals surface area contributed by atoms with Crippen LogP contribution in [0, 0.1) is 0 Å². The number of thiophene rings is 1. The Morgan fingerprint density at radius 1 is 1.25 bits per heavy atom. The molecular formula is C14H13N3O2S. The molecule has 0 atom stereocenters. The first-order chi connectivity index (χ1) is 9.72. The first-order valence-corrected chi connectivity index (χ1v) is 7.13. The lowest BCUT2D eigenvalue weighted by atomic mass is 10.00. The summed E-state index contributed by atoms with van der Waals surface area (Å²) in [6.07, 6.45) is 0.822. The Balaban J connectivity index is 1.73. The number of urea groups is 1. The number of anilines is 2. The molecule has 0 unspecified atom stereocenters. The molecule has 0 radical (unpaired) electrons. The molecule has 3 rings (SSSR count). The zero-order valence-electron chi connectivity index (χ0n) is 10.6. The highest BCUT2D eigenvalue weighted by Crippen LogP contribution is 2.20. The summed E-state index contributed by atoms with van der Waals surface area (Å²) in [5, 5.41) is 10.9. The van der Waals surface area contributed by atoms with Gasteiger partial charge in [0.15, 0.2) is 0 Å². The first kappa shape index (κ1) is 12.7. The lowest BCUT2D eigenvalue weighted by Gasteiger charge is -2.17. The van der Waals surface area contributed by atoms with Gasteiger partial charge >= 0.3 is 6.03 Å². The topological polar surface area (TPSA) is 70.2 Å². The minimum absolute atomic E-state index is 0.0893. The van der Waals surface area contributed by atoms with Crippen molar-refractivity contribution < 1.29 is 9.59 Å². The van der Waals surface area contributed by atoms with Crippen LogP contribution in [-0.4, -0.2) is 18.5 Å². The summed E-state index contributed by atoms with van der Waals surface area (Å²) in [6, 6.07) is 8.77. The largest absolute Gasteiger partial charge is 0.352 e. The van der Waals surface area contributed by atoms with Crippen LogP contribution >= 0.6 is 11.3 Å². The number of rotatable bonds is 2. The fraction of sp³-hybridized carbons (Fsp3) is 0.143. The van der Waals surface area contributed by atoms with Crippen molar-refractivity contribution in [3.63, 3.8) is 0 Å². The molecule has 2 aromatic rings. The average molecular weight is 287 g/mol. The van der Waals surface area contributed by atoms with Crippen molar-refractivity contribution in [2.75, 3.05) is 17.2 Å². The van der Waals surface area contributed by atoms with E-state index in [4.69, 9.17) is 0 Å². The minimum Gasteiger partial charge on any atom is -0.352 e. The van der Waals surface area contributed by atoms with E-state index in [2.05, 4.69) is 16.0 Å². The van der Waals surface area contributed by atoms with Crippen molar-refractivity contribution in [2.45, 2.75) is 6.42 Å². The van der Waals surface area contributed by atoms with Gasteiger partial charge in [-0.15, -0.1) is 11.3 Å². The van der Waals surface area contributed by atoms with Crippen LogP contribution in [0.25, 0.3) is 0 Å². The third kappa shape index (κ3) is 2.65. The molecule has 3 amide bonds. The number of hydrogen-bond donors (Lipinski definition) is 3. The van der Waals surface area contributed by atoms with E-state index in [1.54, 1.807) is 6.07 Å². The zero-order chi connectivity index (χ0) is 13.9. The van der Waals surface area contributed by atoms with Gasteiger partial charge in [0.2, 0.25) is 0 Å². The molecule has 0 aliphatic carbocycles. The standard InChI is InChI=1S/C14H13N3O2S/c18-13-11-8-10(4-3-9(11)5-6-15-13)16-14(19)17-12-2-1-7-20-12/h1-4,7-8H,5-6H2,(H,15,18)(H2,16,17,19). The molecular weight excluding hydrogens is 274 g/mol. The molecule has 102 valence electrons. The minimum atomic E-state index is -0.316. The van der Waals surface area contributed by atoms with Crippen LogP contribution in [0.5, 0.6) is 0 Å². The quantitative estimate of drug-likeness (QED) is 0.794. The summed E-state index contributed by atoms with van der Waals surface area (Å²) in [7, 11) is 0. The van der Waals surface area contributed by atoms with Crippen molar-refractivity contribution in [3.05, 3.63) is 46.8 Å². The average Bonchev–Trinajstić information content (AvgIpc) is 2.92. The predicted molar refractivity (Wildman–Crippen MR) is 79.4 cm³/mol. The molecule has 0 saturated heterocycles. The maximum Gasteiger partial charge on any atom is 0.324 e. The van der Waals surface area contributed by atoms with Gasteiger partial charge in [0.25, 0.3) is 5.91 Å². The number of fused-ring (bicyclic) bond motifs is 1. The van der Waals surface area contributed by atoms with Gasteiger partial charge < -0.3 is 10.6 Å². The van der Waals surface area contributed by atoms with Gasteiger partial charge in [0.1, 0.15) is 0 Å². The van der Waals surface area contributed by atoms with Gasteiger partial charge in [-0.3, -0.25) is 10.1 Å². The molecule has 0 bridgehead atoms. The maximum atomic E-state index is 11.8. The Labute approximate surface area is 120 Å². The van der Waals surface area contributed by atoms with Crippen LogP contribution in [0.15, 0.2) is 35.7 Å².